The molecular formula is C34H26O6. The minimum Gasteiger partial charge on any atom is -0.457 e. The van der Waals surface area contributed by atoms with E-state index in [0.717, 1.165) is 11.1 Å². The van der Waals surface area contributed by atoms with Crippen LogP contribution in [0.2, 0.25) is 0 Å². The summed E-state index contributed by atoms with van der Waals surface area (Å²) in [5.74, 6) is 1.57. The van der Waals surface area contributed by atoms with Crippen LogP contribution in [0.4, 0.5) is 0 Å². The molecule has 0 spiro atoms. The van der Waals surface area contributed by atoms with Gasteiger partial charge in [-0.1, -0.05) is 72.8 Å². The minimum atomic E-state index is -0.449. The number of hydrogen-bond donors (Lipinski definition) is 0. The van der Waals surface area contributed by atoms with Gasteiger partial charge in [-0.15, -0.1) is 0 Å². The van der Waals surface area contributed by atoms with Crippen molar-refractivity contribution < 1.29 is 28.5 Å². The summed E-state index contributed by atoms with van der Waals surface area (Å²) in [7, 11) is 0. The number of esters is 2. The second-order valence-corrected chi connectivity index (χ2v) is 8.85. The van der Waals surface area contributed by atoms with Crippen LogP contribution in [0.1, 0.15) is 31.8 Å². The van der Waals surface area contributed by atoms with E-state index in [-0.39, 0.29) is 13.2 Å². The van der Waals surface area contributed by atoms with E-state index < -0.39 is 11.9 Å². The summed E-state index contributed by atoms with van der Waals surface area (Å²) in [5, 5.41) is 0. The number of ether oxygens (including phenoxy) is 4. The molecule has 5 rings (SSSR count). The van der Waals surface area contributed by atoms with Crippen LogP contribution >= 0.6 is 0 Å². The number of hydrogen-bond acceptors (Lipinski definition) is 6. The molecule has 0 bridgehead atoms. The summed E-state index contributed by atoms with van der Waals surface area (Å²) in [5.41, 5.74) is 2.42. The average Bonchev–Trinajstić information content (AvgIpc) is 3.00. The predicted octanol–water partition coefficient (Wildman–Crippen LogP) is 7.99. The third-order valence-corrected chi connectivity index (χ3v) is 5.86. The Hall–Kier alpha value is -5.36. The molecule has 0 amide bonds. The van der Waals surface area contributed by atoms with Crippen molar-refractivity contribution in [2.24, 2.45) is 0 Å². The number of benzene rings is 5. The van der Waals surface area contributed by atoms with Crippen molar-refractivity contribution in [1.29, 1.82) is 0 Å². The first-order valence-electron chi connectivity index (χ1n) is 12.7. The zero-order valence-electron chi connectivity index (χ0n) is 21.6. The average molecular weight is 531 g/mol. The SMILES string of the molecule is O=C(OCc1ccc(COC(=O)c2cccc(Oc3ccccc3)c2)cc1)c1cccc(Oc2ccccc2)c1. The highest BCUT2D eigenvalue weighted by Gasteiger charge is 2.11. The topological polar surface area (TPSA) is 71.1 Å². The standard InChI is InChI=1S/C34H26O6/c35-33(27-9-7-15-31(21-27)39-29-11-3-1-4-12-29)37-23-25-17-19-26(20-18-25)24-38-34(36)28-10-8-16-32(22-28)40-30-13-5-2-6-14-30/h1-22H,23-24H2. The lowest BCUT2D eigenvalue weighted by molar-refractivity contribution is 0.0460. The van der Waals surface area contributed by atoms with Gasteiger partial charge in [0.2, 0.25) is 0 Å². The Morgan fingerprint density at radius 1 is 0.425 bits per heavy atom. The summed E-state index contributed by atoms with van der Waals surface area (Å²) in [6.45, 7) is 0.216. The Labute approximate surface area is 232 Å². The molecule has 6 heteroatoms. The molecule has 0 aliphatic heterocycles. The van der Waals surface area contributed by atoms with E-state index >= 15 is 0 Å². The van der Waals surface area contributed by atoms with Crippen molar-refractivity contribution in [3.8, 4) is 23.0 Å². The van der Waals surface area contributed by atoms with Gasteiger partial charge in [-0.05, 0) is 71.8 Å². The second-order valence-electron chi connectivity index (χ2n) is 8.85. The summed E-state index contributed by atoms with van der Waals surface area (Å²) in [4.78, 5) is 25.2. The number of para-hydroxylation sites is 2. The molecule has 0 heterocycles. The van der Waals surface area contributed by atoms with Gasteiger partial charge >= 0.3 is 11.9 Å². The van der Waals surface area contributed by atoms with E-state index in [4.69, 9.17) is 18.9 Å². The summed E-state index contributed by atoms with van der Waals surface area (Å²) < 4.78 is 22.5. The van der Waals surface area contributed by atoms with E-state index in [2.05, 4.69) is 0 Å². The van der Waals surface area contributed by atoms with Gasteiger partial charge in [-0.3, -0.25) is 0 Å². The van der Waals surface area contributed by atoms with Crippen LogP contribution < -0.4 is 9.47 Å². The fourth-order valence-corrected chi connectivity index (χ4v) is 3.82. The fraction of sp³-hybridized carbons (Fsp3) is 0.0588. The molecule has 5 aromatic rings. The van der Waals surface area contributed by atoms with Gasteiger partial charge in [0, 0.05) is 0 Å². The third kappa shape index (κ3) is 7.36. The van der Waals surface area contributed by atoms with Crippen LogP contribution in [0.5, 0.6) is 23.0 Å². The fourth-order valence-electron chi connectivity index (χ4n) is 3.82. The Balaban J connectivity index is 1.10. The van der Waals surface area contributed by atoms with Crippen molar-refractivity contribution in [1.82, 2.24) is 0 Å². The highest BCUT2D eigenvalue weighted by Crippen LogP contribution is 2.24. The monoisotopic (exact) mass is 530 g/mol. The summed E-state index contributed by atoms with van der Waals surface area (Å²) >= 11 is 0. The second kappa shape index (κ2) is 12.9. The van der Waals surface area contributed by atoms with Crippen LogP contribution in [0, 0.1) is 0 Å². The quantitative estimate of drug-likeness (QED) is 0.171. The lowest BCUT2D eigenvalue weighted by atomic mass is 10.1. The van der Waals surface area contributed by atoms with Crippen LogP contribution in [-0.4, -0.2) is 11.9 Å². The largest absolute Gasteiger partial charge is 0.457 e. The first-order valence-corrected chi connectivity index (χ1v) is 12.7. The summed E-state index contributed by atoms with van der Waals surface area (Å²) in [6.07, 6.45) is 0. The van der Waals surface area contributed by atoms with Crippen LogP contribution in [0.3, 0.4) is 0 Å². The maximum absolute atomic E-state index is 12.6. The summed E-state index contributed by atoms with van der Waals surface area (Å²) in [6, 6.07) is 39.8. The molecule has 0 atom stereocenters. The first kappa shape index (κ1) is 26.3. The molecule has 40 heavy (non-hydrogen) atoms. The molecule has 0 saturated heterocycles. The molecule has 0 N–H and O–H groups in total. The molecular weight excluding hydrogens is 504 g/mol. The van der Waals surface area contributed by atoms with E-state index in [1.165, 1.54) is 0 Å². The van der Waals surface area contributed by atoms with Gasteiger partial charge < -0.3 is 18.9 Å². The van der Waals surface area contributed by atoms with Crippen LogP contribution in [0.15, 0.2) is 133 Å². The van der Waals surface area contributed by atoms with Gasteiger partial charge in [0.15, 0.2) is 0 Å². The molecule has 5 aromatic carbocycles. The van der Waals surface area contributed by atoms with E-state index in [9.17, 15) is 9.59 Å². The minimum absolute atomic E-state index is 0.108. The molecule has 0 aliphatic rings. The predicted molar refractivity (Wildman–Crippen MR) is 151 cm³/mol. The van der Waals surface area contributed by atoms with E-state index in [1.807, 2.05) is 84.9 Å². The number of carbonyl (C=O) groups excluding carboxylic acids is 2. The molecule has 0 unspecified atom stereocenters. The van der Waals surface area contributed by atoms with Crippen LogP contribution in [0.25, 0.3) is 0 Å². The Bertz CT molecular complexity index is 1440. The van der Waals surface area contributed by atoms with Gasteiger partial charge in [-0.25, -0.2) is 9.59 Å². The highest BCUT2D eigenvalue weighted by atomic mass is 16.5. The van der Waals surface area contributed by atoms with Crippen molar-refractivity contribution in [2.75, 3.05) is 0 Å². The van der Waals surface area contributed by atoms with E-state index in [1.54, 1.807) is 48.5 Å². The molecule has 0 aromatic heterocycles. The van der Waals surface area contributed by atoms with E-state index in [0.29, 0.717) is 34.1 Å². The Morgan fingerprint density at radius 2 is 0.800 bits per heavy atom. The van der Waals surface area contributed by atoms with Crippen molar-refractivity contribution in [3.05, 3.63) is 156 Å². The molecule has 0 aliphatic carbocycles. The maximum Gasteiger partial charge on any atom is 0.338 e. The Kier molecular flexibility index (Phi) is 8.49. The first-order chi connectivity index (χ1) is 19.6. The zero-order chi connectivity index (χ0) is 27.6. The zero-order valence-corrected chi connectivity index (χ0v) is 21.6. The van der Waals surface area contributed by atoms with Gasteiger partial charge in [0.25, 0.3) is 0 Å². The normalized spacial score (nSPS) is 10.4. The van der Waals surface area contributed by atoms with Crippen molar-refractivity contribution >= 4 is 11.9 Å². The number of carbonyl (C=O) groups is 2. The van der Waals surface area contributed by atoms with Gasteiger partial charge in [0.1, 0.15) is 36.2 Å². The molecule has 0 saturated carbocycles. The van der Waals surface area contributed by atoms with Crippen molar-refractivity contribution in [2.45, 2.75) is 13.2 Å². The Morgan fingerprint density at radius 3 is 1.20 bits per heavy atom. The van der Waals surface area contributed by atoms with Gasteiger partial charge in [-0.2, -0.15) is 0 Å². The smallest absolute Gasteiger partial charge is 0.338 e. The third-order valence-electron chi connectivity index (χ3n) is 5.86. The number of rotatable bonds is 10. The lowest BCUT2D eigenvalue weighted by Gasteiger charge is -2.10. The molecule has 0 radical (unpaired) electrons. The van der Waals surface area contributed by atoms with Gasteiger partial charge in [0.05, 0.1) is 11.1 Å². The molecule has 6 nitrogen and oxygen atoms in total. The van der Waals surface area contributed by atoms with Crippen LogP contribution in [-0.2, 0) is 22.7 Å². The highest BCUT2D eigenvalue weighted by molar-refractivity contribution is 5.90. The molecule has 0 fully saturated rings. The maximum atomic E-state index is 12.6. The lowest BCUT2D eigenvalue weighted by Crippen LogP contribution is -2.06. The molecule has 198 valence electrons. The van der Waals surface area contributed by atoms with Crippen molar-refractivity contribution in [3.63, 3.8) is 0 Å².